The topological polar surface area (TPSA) is 78.1 Å². The highest BCUT2D eigenvalue weighted by atomic mass is 32.2. The lowest BCUT2D eigenvalue weighted by molar-refractivity contribution is 0.481. The van der Waals surface area contributed by atoms with Gasteiger partial charge in [0.05, 0.1) is 0 Å². The minimum absolute atomic E-state index is 0.115. The molecule has 0 fully saturated rings. The molecule has 0 aliphatic carbocycles. The number of hydrogen-bond acceptors (Lipinski definition) is 4. The highest BCUT2D eigenvalue weighted by molar-refractivity contribution is 7.89. The molecule has 0 amide bonds. The van der Waals surface area contributed by atoms with Crippen LogP contribution in [0.25, 0.3) is 0 Å². The van der Waals surface area contributed by atoms with E-state index in [4.69, 9.17) is 0 Å². The molecule has 0 radical (unpaired) electrons. The SMILES string of the molecule is CCN(C)S(=O)(=O)c1n[nH]c(C)c1CNC. The van der Waals surface area contributed by atoms with Gasteiger partial charge in [0, 0.05) is 31.4 Å². The Morgan fingerprint density at radius 3 is 2.62 bits per heavy atom. The van der Waals surface area contributed by atoms with Gasteiger partial charge in [0.1, 0.15) is 0 Å². The molecule has 0 atom stereocenters. The van der Waals surface area contributed by atoms with Crippen LogP contribution < -0.4 is 5.32 Å². The first-order valence-corrected chi connectivity index (χ1v) is 6.53. The monoisotopic (exact) mass is 246 g/mol. The molecule has 0 saturated carbocycles. The van der Waals surface area contributed by atoms with Crippen molar-refractivity contribution in [1.82, 2.24) is 19.8 Å². The highest BCUT2D eigenvalue weighted by Gasteiger charge is 2.26. The van der Waals surface area contributed by atoms with E-state index in [-0.39, 0.29) is 5.03 Å². The third-order valence-electron chi connectivity index (χ3n) is 2.49. The fourth-order valence-electron chi connectivity index (χ4n) is 1.35. The molecule has 0 saturated heterocycles. The number of nitrogens with zero attached hydrogens (tertiary/aromatic N) is 2. The number of aromatic nitrogens is 2. The number of H-pyrrole nitrogens is 1. The number of hydrogen-bond donors (Lipinski definition) is 2. The van der Waals surface area contributed by atoms with Crippen LogP contribution in [0, 0.1) is 6.92 Å². The van der Waals surface area contributed by atoms with Crippen molar-refractivity contribution in [2.75, 3.05) is 20.6 Å². The molecule has 0 aliphatic rings. The largest absolute Gasteiger partial charge is 0.316 e. The molecule has 7 heteroatoms. The quantitative estimate of drug-likeness (QED) is 0.771. The number of nitrogens with one attached hydrogen (secondary N) is 2. The Hall–Kier alpha value is -0.920. The summed E-state index contributed by atoms with van der Waals surface area (Å²) in [6, 6.07) is 0. The Morgan fingerprint density at radius 1 is 1.50 bits per heavy atom. The first-order chi connectivity index (χ1) is 7.45. The van der Waals surface area contributed by atoms with Crippen LogP contribution in [-0.2, 0) is 16.6 Å². The van der Waals surface area contributed by atoms with Crippen LogP contribution in [0.3, 0.4) is 0 Å². The molecular formula is C9H18N4O2S. The molecule has 1 aromatic heterocycles. The van der Waals surface area contributed by atoms with Crippen LogP contribution in [0.5, 0.6) is 0 Å². The number of aryl methyl sites for hydroxylation is 1. The van der Waals surface area contributed by atoms with Gasteiger partial charge in [-0.1, -0.05) is 6.92 Å². The van der Waals surface area contributed by atoms with Crippen LogP contribution in [0.1, 0.15) is 18.2 Å². The first kappa shape index (κ1) is 13.1. The van der Waals surface area contributed by atoms with E-state index in [1.54, 1.807) is 21.0 Å². The van der Waals surface area contributed by atoms with Gasteiger partial charge in [-0.05, 0) is 14.0 Å². The van der Waals surface area contributed by atoms with E-state index < -0.39 is 10.0 Å². The maximum atomic E-state index is 12.1. The first-order valence-electron chi connectivity index (χ1n) is 5.09. The summed E-state index contributed by atoms with van der Waals surface area (Å²) in [5, 5.41) is 9.64. The molecule has 0 aliphatic heterocycles. The van der Waals surface area contributed by atoms with Crippen molar-refractivity contribution in [2.45, 2.75) is 25.4 Å². The van der Waals surface area contributed by atoms with Crippen LogP contribution in [0.2, 0.25) is 0 Å². The van der Waals surface area contributed by atoms with Gasteiger partial charge < -0.3 is 5.32 Å². The fourth-order valence-corrected chi connectivity index (χ4v) is 2.68. The van der Waals surface area contributed by atoms with Crippen LogP contribution in [-0.4, -0.2) is 43.6 Å². The lowest BCUT2D eigenvalue weighted by Crippen LogP contribution is -2.28. The summed E-state index contributed by atoms with van der Waals surface area (Å²) in [5.41, 5.74) is 1.47. The Labute approximate surface area is 96.1 Å². The predicted molar refractivity (Wildman–Crippen MR) is 61.6 cm³/mol. The summed E-state index contributed by atoms with van der Waals surface area (Å²) in [7, 11) is -0.156. The van der Waals surface area contributed by atoms with Crippen LogP contribution in [0.4, 0.5) is 0 Å². The summed E-state index contributed by atoms with van der Waals surface area (Å²) in [6.45, 7) is 4.50. The van der Waals surface area contributed by atoms with E-state index in [1.807, 2.05) is 6.92 Å². The van der Waals surface area contributed by atoms with E-state index in [1.165, 1.54) is 4.31 Å². The Bertz CT molecular complexity index is 452. The molecule has 0 unspecified atom stereocenters. The number of sulfonamides is 1. The summed E-state index contributed by atoms with van der Waals surface area (Å²) < 4.78 is 25.5. The van der Waals surface area contributed by atoms with Crippen molar-refractivity contribution in [2.24, 2.45) is 0 Å². The Morgan fingerprint density at radius 2 is 2.12 bits per heavy atom. The minimum Gasteiger partial charge on any atom is -0.316 e. The van der Waals surface area contributed by atoms with Gasteiger partial charge in [0.15, 0.2) is 5.03 Å². The third kappa shape index (κ3) is 2.26. The van der Waals surface area contributed by atoms with Crippen molar-refractivity contribution < 1.29 is 8.42 Å². The molecule has 1 rings (SSSR count). The fraction of sp³-hybridized carbons (Fsp3) is 0.667. The van der Waals surface area contributed by atoms with Crippen LogP contribution in [0.15, 0.2) is 5.03 Å². The van der Waals surface area contributed by atoms with Crippen molar-refractivity contribution in [1.29, 1.82) is 0 Å². The highest BCUT2D eigenvalue weighted by Crippen LogP contribution is 2.19. The molecule has 16 heavy (non-hydrogen) atoms. The normalized spacial score (nSPS) is 12.3. The van der Waals surface area contributed by atoms with Crippen molar-refractivity contribution in [3.63, 3.8) is 0 Å². The average molecular weight is 246 g/mol. The Balaban J connectivity index is 3.23. The lowest BCUT2D eigenvalue weighted by Gasteiger charge is -2.14. The molecule has 1 heterocycles. The second-order valence-corrected chi connectivity index (χ2v) is 5.54. The lowest BCUT2D eigenvalue weighted by atomic mass is 10.3. The van der Waals surface area contributed by atoms with Gasteiger partial charge in [-0.3, -0.25) is 5.10 Å². The van der Waals surface area contributed by atoms with E-state index in [0.717, 1.165) is 5.69 Å². The number of aromatic amines is 1. The van der Waals surface area contributed by atoms with E-state index in [0.29, 0.717) is 18.7 Å². The zero-order chi connectivity index (χ0) is 12.3. The smallest absolute Gasteiger partial charge is 0.262 e. The molecule has 1 aromatic rings. The maximum Gasteiger partial charge on any atom is 0.262 e. The molecule has 6 nitrogen and oxygen atoms in total. The third-order valence-corrected chi connectivity index (χ3v) is 4.39. The van der Waals surface area contributed by atoms with Gasteiger partial charge in [0.25, 0.3) is 10.0 Å². The molecule has 2 N–H and O–H groups in total. The van der Waals surface area contributed by atoms with Gasteiger partial charge in [0.2, 0.25) is 0 Å². The minimum atomic E-state index is -3.47. The van der Waals surface area contributed by atoms with Gasteiger partial charge in [-0.15, -0.1) is 0 Å². The molecule has 92 valence electrons. The van der Waals surface area contributed by atoms with E-state index >= 15 is 0 Å². The van der Waals surface area contributed by atoms with Crippen molar-refractivity contribution in [3.05, 3.63) is 11.3 Å². The van der Waals surface area contributed by atoms with Gasteiger partial charge in [-0.2, -0.15) is 9.40 Å². The summed E-state index contributed by atoms with van der Waals surface area (Å²) in [6.07, 6.45) is 0. The molecule has 0 bridgehead atoms. The van der Waals surface area contributed by atoms with Crippen LogP contribution >= 0.6 is 0 Å². The zero-order valence-corrected chi connectivity index (χ0v) is 10.8. The predicted octanol–water partition coefficient (Wildman–Crippen LogP) is 0.0779. The summed E-state index contributed by atoms with van der Waals surface area (Å²) in [5.74, 6) is 0. The zero-order valence-electron chi connectivity index (χ0n) is 10.0. The van der Waals surface area contributed by atoms with Gasteiger partial charge >= 0.3 is 0 Å². The molecule has 0 aromatic carbocycles. The van der Waals surface area contributed by atoms with Crippen molar-refractivity contribution >= 4 is 10.0 Å². The standard InChI is InChI=1S/C9H18N4O2S/c1-5-13(4)16(14,15)9-8(6-10-3)7(2)11-12-9/h10H,5-6H2,1-4H3,(H,11,12). The average Bonchev–Trinajstić information content (AvgIpc) is 2.60. The summed E-state index contributed by atoms with van der Waals surface area (Å²) >= 11 is 0. The van der Waals surface area contributed by atoms with Gasteiger partial charge in [-0.25, -0.2) is 8.42 Å². The summed E-state index contributed by atoms with van der Waals surface area (Å²) in [4.78, 5) is 0. The number of rotatable bonds is 5. The maximum absolute atomic E-state index is 12.1. The molecule has 0 spiro atoms. The molecular weight excluding hydrogens is 228 g/mol. The van der Waals surface area contributed by atoms with Crippen molar-refractivity contribution in [3.8, 4) is 0 Å². The Kier molecular flexibility index (Phi) is 4.06. The van der Waals surface area contributed by atoms with E-state index in [9.17, 15) is 8.42 Å². The van der Waals surface area contributed by atoms with E-state index in [2.05, 4.69) is 15.5 Å². The second-order valence-electron chi connectivity index (χ2n) is 3.58. The second kappa shape index (κ2) is 4.94.